The fraction of sp³-hybridized carbons (Fsp3) is 0.286. The molecule has 2 aromatic rings. The Hall–Kier alpha value is -2.80. The molecule has 0 saturated carbocycles. The quantitative estimate of drug-likeness (QED) is 0.447. The number of hydrogen-bond donors (Lipinski definition) is 1. The number of nitro benzene ring substituents is 1. The van der Waals surface area contributed by atoms with E-state index in [4.69, 9.17) is 0 Å². The van der Waals surface area contributed by atoms with Gasteiger partial charge < -0.3 is 10.2 Å². The van der Waals surface area contributed by atoms with E-state index in [1.807, 2.05) is 30.3 Å². The van der Waals surface area contributed by atoms with Crippen LogP contribution in [0, 0.1) is 10.1 Å². The van der Waals surface area contributed by atoms with E-state index in [9.17, 15) is 14.9 Å². The van der Waals surface area contributed by atoms with Crippen LogP contribution in [-0.2, 0) is 4.79 Å². The van der Waals surface area contributed by atoms with Crippen LogP contribution >= 0.6 is 11.8 Å². The molecule has 6 nitrogen and oxygen atoms in total. The molecule has 0 aromatic heterocycles. The Balaban J connectivity index is 1.74. The maximum atomic E-state index is 12.6. The lowest BCUT2D eigenvalue weighted by atomic mass is 10.1. The van der Waals surface area contributed by atoms with Crippen molar-refractivity contribution in [3.63, 3.8) is 0 Å². The fourth-order valence-electron chi connectivity index (χ4n) is 3.61. The van der Waals surface area contributed by atoms with Crippen LogP contribution in [0.25, 0.3) is 6.08 Å². The smallest absolute Gasteiger partial charge is 0.270 e. The minimum atomic E-state index is -0.391. The van der Waals surface area contributed by atoms with Crippen LogP contribution in [0.15, 0.2) is 52.3 Å². The Morgan fingerprint density at radius 1 is 1.07 bits per heavy atom. The van der Waals surface area contributed by atoms with Crippen LogP contribution < -0.4 is 10.2 Å². The number of carbonyl (C=O) groups is 1. The van der Waals surface area contributed by atoms with Crippen LogP contribution in [0.5, 0.6) is 0 Å². The van der Waals surface area contributed by atoms with Crippen molar-refractivity contribution in [2.24, 2.45) is 0 Å². The molecular formula is C21H21N3O3S. The number of fused-ring (bicyclic) bond motifs is 1. The van der Waals surface area contributed by atoms with E-state index in [1.54, 1.807) is 18.2 Å². The fourth-order valence-corrected chi connectivity index (χ4v) is 4.56. The second-order valence-corrected chi connectivity index (χ2v) is 8.05. The third-order valence-corrected chi connectivity index (χ3v) is 6.13. The highest BCUT2D eigenvalue weighted by molar-refractivity contribution is 8.04. The number of non-ortho nitro benzene ring substituents is 1. The summed E-state index contributed by atoms with van der Waals surface area (Å²) in [5.41, 5.74) is 2.49. The second kappa shape index (κ2) is 8.06. The highest BCUT2D eigenvalue weighted by Gasteiger charge is 2.22. The van der Waals surface area contributed by atoms with Gasteiger partial charge in [-0.1, -0.05) is 36.7 Å². The molecule has 2 heterocycles. The lowest BCUT2D eigenvalue weighted by Crippen LogP contribution is -2.24. The van der Waals surface area contributed by atoms with Crippen molar-refractivity contribution in [1.82, 2.24) is 0 Å². The average molecular weight is 395 g/mol. The normalized spacial score (nSPS) is 18.4. The van der Waals surface area contributed by atoms with Gasteiger partial charge in [0.25, 0.3) is 11.6 Å². The zero-order valence-electron chi connectivity index (χ0n) is 15.4. The van der Waals surface area contributed by atoms with Crippen molar-refractivity contribution in [2.45, 2.75) is 30.6 Å². The number of benzene rings is 2. The summed E-state index contributed by atoms with van der Waals surface area (Å²) in [4.78, 5) is 27.3. The Bertz CT molecular complexity index is 950. The van der Waals surface area contributed by atoms with E-state index in [0.717, 1.165) is 42.2 Å². The van der Waals surface area contributed by atoms with Crippen molar-refractivity contribution < 1.29 is 9.72 Å². The van der Waals surface area contributed by atoms with Gasteiger partial charge in [-0.3, -0.25) is 14.9 Å². The molecule has 4 rings (SSSR count). The largest absolute Gasteiger partial charge is 0.371 e. The Morgan fingerprint density at radius 3 is 2.57 bits per heavy atom. The summed E-state index contributed by atoms with van der Waals surface area (Å²) in [7, 11) is 0. The minimum Gasteiger partial charge on any atom is -0.371 e. The first-order valence-electron chi connectivity index (χ1n) is 9.45. The Morgan fingerprint density at radius 2 is 1.82 bits per heavy atom. The van der Waals surface area contributed by atoms with Gasteiger partial charge in [0, 0.05) is 41.4 Å². The molecule has 2 aliphatic rings. The number of para-hydroxylation sites is 1. The molecule has 7 heteroatoms. The molecule has 1 fully saturated rings. The number of nitro groups is 1. The number of carbonyl (C=O) groups excluding carboxylic acids is 1. The van der Waals surface area contributed by atoms with Crippen molar-refractivity contribution in [3.05, 3.63) is 63.0 Å². The highest BCUT2D eigenvalue weighted by Crippen LogP contribution is 2.40. The molecule has 28 heavy (non-hydrogen) atoms. The highest BCUT2D eigenvalue weighted by atomic mass is 32.2. The summed E-state index contributed by atoms with van der Waals surface area (Å²) in [6, 6.07) is 12.6. The van der Waals surface area contributed by atoms with Gasteiger partial charge in [0.05, 0.1) is 15.5 Å². The van der Waals surface area contributed by atoms with Crippen LogP contribution in [0.1, 0.15) is 31.2 Å². The average Bonchev–Trinajstić information content (AvgIpc) is 2.98. The zero-order valence-corrected chi connectivity index (χ0v) is 16.2. The maximum Gasteiger partial charge on any atom is 0.270 e. The third kappa shape index (κ3) is 3.89. The summed E-state index contributed by atoms with van der Waals surface area (Å²) in [5, 5.41) is 14.2. The molecule has 1 N–H and O–H groups in total. The van der Waals surface area contributed by atoms with E-state index in [1.165, 1.54) is 24.6 Å². The van der Waals surface area contributed by atoms with E-state index < -0.39 is 4.92 Å². The number of nitrogens with zero attached hydrogens (tertiary/aromatic N) is 2. The molecule has 2 aromatic carbocycles. The molecule has 0 bridgehead atoms. The van der Waals surface area contributed by atoms with Crippen LogP contribution in [0.4, 0.5) is 17.1 Å². The molecule has 144 valence electrons. The summed E-state index contributed by atoms with van der Waals surface area (Å²) in [6.07, 6.45) is 6.40. The SMILES string of the molecule is O=C1Nc2ccccc2S/C1=C/c1cc([N+](=O)[O-])ccc1N1CCCCCC1. The summed E-state index contributed by atoms with van der Waals surface area (Å²) in [6.45, 7) is 1.85. The van der Waals surface area contributed by atoms with E-state index in [2.05, 4.69) is 10.2 Å². The van der Waals surface area contributed by atoms with Crippen LogP contribution in [-0.4, -0.2) is 23.9 Å². The molecule has 0 unspecified atom stereocenters. The topological polar surface area (TPSA) is 75.5 Å². The lowest BCUT2D eigenvalue weighted by Gasteiger charge is -2.25. The molecule has 0 spiro atoms. The second-order valence-electron chi connectivity index (χ2n) is 6.96. The van der Waals surface area contributed by atoms with Crippen molar-refractivity contribution >= 4 is 40.8 Å². The van der Waals surface area contributed by atoms with Gasteiger partial charge in [-0.2, -0.15) is 0 Å². The first-order chi connectivity index (χ1) is 13.6. The summed E-state index contributed by atoms with van der Waals surface area (Å²) < 4.78 is 0. The van der Waals surface area contributed by atoms with Gasteiger partial charge >= 0.3 is 0 Å². The van der Waals surface area contributed by atoms with E-state index in [-0.39, 0.29) is 11.6 Å². The van der Waals surface area contributed by atoms with Gasteiger partial charge in [0.15, 0.2) is 0 Å². The van der Waals surface area contributed by atoms with E-state index in [0.29, 0.717) is 10.5 Å². The number of amides is 1. The standard InChI is InChI=1S/C21H21N3O3S/c25-21-20(28-19-8-4-3-7-17(19)22-21)14-15-13-16(24(26)27)9-10-18(15)23-11-5-1-2-6-12-23/h3-4,7-10,13-14H,1-2,5-6,11-12H2,(H,22,25)/b20-14+. The van der Waals surface area contributed by atoms with Crippen molar-refractivity contribution in [2.75, 3.05) is 23.3 Å². The maximum absolute atomic E-state index is 12.6. The van der Waals surface area contributed by atoms with Crippen molar-refractivity contribution in [3.8, 4) is 0 Å². The van der Waals surface area contributed by atoms with Gasteiger partial charge in [-0.25, -0.2) is 0 Å². The Labute approximate surface area is 167 Å². The summed E-state index contributed by atoms with van der Waals surface area (Å²) in [5.74, 6) is -0.183. The third-order valence-electron chi connectivity index (χ3n) is 5.03. The molecular weight excluding hydrogens is 374 g/mol. The van der Waals surface area contributed by atoms with Crippen LogP contribution in [0.3, 0.4) is 0 Å². The monoisotopic (exact) mass is 395 g/mol. The predicted molar refractivity (Wildman–Crippen MR) is 113 cm³/mol. The molecule has 1 amide bonds. The lowest BCUT2D eigenvalue weighted by molar-refractivity contribution is -0.384. The van der Waals surface area contributed by atoms with Gasteiger partial charge in [-0.15, -0.1) is 0 Å². The summed E-state index contributed by atoms with van der Waals surface area (Å²) >= 11 is 1.39. The Kier molecular flexibility index (Phi) is 5.34. The molecule has 1 saturated heterocycles. The van der Waals surface area contributed by atoms with Gasteiger partial charge in [0.1, 0.15) is 0 Å². The molecule has 0 radical (unpaired) electrons. The van der Waals surface area contributed by atoms with Gasteiger partial charge in [0.2, 0.25) is 0 Å². The molecule has 0 aliphatic carbocycles. The minimum absolute atomic E-state index is 0.0343. The van der Waals surface area contributed by atoms with Crippen LogP contribution in [0.2, 0.25) is 0 Å². The first kappa shape index (κ1) is 18.6. The molecule has 2 aliphatic heterocycles. The number of anilines is 2. The number of nitrogens with one attached hydrogen (secondary N) is 1. The number of rotatable bonds is 3. The predicted octanol–water partition coefficient (Wildman–Crippen LogP) is 5.06. The first-order valence-corrected chi connectivity index (χ1v) is 10.3. The van der Waals surface area contributed by atoms with E-state index >= 15 is 0 Å². The number of thioether (sulfide) groups is 1. The zero-order chi connectivity index (χ0) is 19.5. The van der Waals surface area contributed by atoms with Crippen molar-refractivity contribution in [1.29, 1.82) is 0 Å². The number of hydrogen-bond acceptors (Lipinski definition) is 5. The van der Waals surface area contributed by atoms with Gasteiger partial charge in [-0.05, 0) is 37.1 Å². The molecule has 0 atom stereocenters.